The van der Waals surface area contributed by atoms with E-state index in [-0.39, 0.29) is 25.7 Å². The molecule has 0 saturated carbocycles. The van der Waals surface area contributed by atoms with Gasteiger partial charge < -0.3 is 19.5 Å². The summed E-state index contributed by atoms with van der Waals surface area (Å²) in [5.41, 5.74) is 3.30. The number of carbonyl (C=O) groups excluding carboxylic acids is 3. The fraction of sp³-hybridized carbons (Fsp3) is 0.375. The molecule has 2 atom stereocenters. The maximum Gasteiger partial charge on any atom is 0.337 e. The van der Waals surface area contributed by atoms with Crippen LogP contribution in [0.5, 0.6) is 0 Å². The van der Waals surface area contributed by atoms with E-state index in [1.54, 1.807) is 5.48 Å². The average molecular weight is 459 g/mol. The minimum absolute atomic E-state index is 0.0479. The van der Waals surface area contributed by atoms with E-state index < -0.39 is 23.8 Å². The van der Waals surface area contributed by atoms with E-state index in [0.29, 0.717) is 24.2 Å². The first kappa shape index (κ1) is 26.0. The first-order valence-electron chi connectivity index (χ1n) is 10.6. The molecule has 0 spiro atoms. The Morgan fingerprint density at radius 3 is 2.24 bits per heavy atom. The molecule has 0 saturated heterocycles. The largest absolute Gasteiger partial charge is 0.465 e. The van der Waals surface area contributed by atoms with E-state index >= 15 is 0 Å². The number of rotatable bonds is 13. The molecule has 2 aromatic rings. The van der Waals surface area contributed by atoms with Crippen LogP contribution < -0.4 is 10.8 Å². The second-order valence-corrected chi connectivity index (χ2v) is 7.32. The van der Waals surface area contributed by atoms with Crippen LogP contribution in [0.25, 0.3) is 0 Å². The van der Waals surface area contributed by atoms with Crippen molar-refractivity contribution < 1.29 is 33.8 Å². The van der Waals surface area contributed by atoms with Crippen molar-refractivity contribution in [3.63, 3.8) is 0 Å². The molecule has 33 heavy (non-hydrogen) atoms. The zero-order valence-corrected chi connectivity index (χ0v) is 18.8. The fourth-order valence-electron chi connectivity index (χ4n) is 3.26. The molecule has 0 bridgehead atoms. The Labute approximate surface area is 193 Å². The number of hydroxylamine groups is 1. The maximum atomic E-state index is 12.8. The zero-order chi connectivity index (χ0) is 24.1. The molecule has 0 heterocycles. The number of nitrogens with one attached hydrogen (secondary N) is 2. The first-order valence-corrected chi connectivity index (χ1v) is 10.6. The van der Waals surface area contributed by atoms with Crippen molar-refractivity contribution in [1.82, 2.24) is 10.8 Å². The molecule has 2 amide bonds. The van der Waals surface area contributed by atoms with Crippen molar-refractivity contribution in [2.24, 2.45) is 5.92 Å². The quantitative estimate of drug-likeness (QED) is 0.138. The molecule has 9 heteroatoms. The Hall–Kier alpha value is -3.27. The predicted molar refractivity (Wildman–Crippen MR) is 120 cm³/mol. The molecule has 178 valence electrons. The Kier molecular flexibility index (Phi) is 11.0. The van der Waals surface area contributed by atoms with Crippen molar-refractivity contribution in [1.29, 1.82) is 0 Å². The third-order valence-electron chi connectivity index (χ3n) is 4.97. The second-order valence-electron chi connectivity index (χ2n) is 7.32. The number of ether oxygens (including phenoxy) is 3. The number of methoxy groups -OCH3 is 1. The summed E-state index contributed by atoms with van der Waals surface area (Å²) in [6.45, 7) is 2.47. The molecule has 0 radical (unpaired) electrons. The molecule has 2 rings (SSSR count). The number of amides is 2. The van der Waals surface area contributed by atoms with Gasteiger partial charge in [0.2, 0.25) is 5.91 Å². The van der Waals surface area contributed by atoms with E-state index in [0.717, 1.165) is 5.56 Å². The predicted octanol–water partition coefficient (Wildman–Crippen LogP) is 2.34. The van der Waals surface area contributed by atoms with Gasteiger partial charge in [-0.15, -0.1) is 0 Å². The summed E-state index contributed by atoms with van der Waals surface area (Å²) in [6, 6.07) is 14.9. The summed E-state index contributed by atoms with van der Waals surface area (Å²) >= 11 is 0. The zero-order valence-electron chi connectivity index (χ0n) is 18.8. The third kappa shape index (κ3) is 8.64. The van der Waals surface area contributed by atoms with Crippen LogP contribution in [0.4, 0.5) is 0 Å². The van der Waals surface area contributed by atoms with Crippen LogP contribution >= 0.6 is 0 Å². The van der Waals surface area contributed by atoms with Gasteiger partial charge in [0.05, 0.1) is 25.3 Å². The van der Waals surface area contributed by atoms with Crippen molar-refractivity contribution in [3.8, 4) is 0 Å². The van der Waals surface area contributed by atoms with Gasteiger partial charge in [0.25, 0.3) is 5.91 Å². The van der Waals surface area contributed by atoms with Crippen molar-refractivity contribution in [3.05, 3.63) is 71.3 Å². The summed E-state index contributed by atoms with van der Waals surface area (Å²) in [6.07, 6.45) is 0.596. The van der Waals surface area contributed by atoms with Gasteiger partial charge in [-0.25, -0.2) is 10.3 Å². The Morgan fingerprint density at radius 2 is 1.64 bits per heavy atom. The molecule has 0 aliphatic rings. The number of esters is 1. The summed E-state index contributed by atoms with van der Waals surface area (Å²) in [5.74, 6) is -2.05. The van der Waals surface area contributed by atoms with E-state index in [1.165, 1.54) is 31.4 Å². The van der Waals surface area contributed by atoms with Crippen LogP contribution in [-0.2, 0) is 25.4 Å². The van der Waals surface area contributed by atoms with Gasteiger partial charge in [0, 0.05) is 18.1 Å². The molecule has 3 N–H and O–H groups in total. The molecule has 0 aliphatic carbocycles. The maximum absolute atomic E-state index is 12.8. The van der Waals surface area contributed by atoms with E-state index in [1.807, 2.05) is 37.3 Å². The monoisotopic (exact) mass is 458 g/mol. The summed E-state index contributed by atoms with van der Waals surface area (Å²) < 4.78 is 15.4. The third-order valence-corrected chi connectivity index (χ3v) is 4.97. The van der Waals surface area contributed by atoms with Crippen molar-refractivity contribution in [2.45, 2.75) is 25.8 Å². The van der Waals surface area contributed by atoms with Gasteiger partial charge in [-0.1, -0.05) is 30.3 Å². The highest BCUT2D eigenvalue weighted by molar-refractivity contribution is 5.96. The van der Waals surface area contributed by atoms with Crippen molar-refractivity contribution in [2.75, 3.05) is 27.1 Å². The molecular formula is C24H30N2O7. The molecule has 0 fully saturated rings. The molecular weight excluding hydrogens is 428 g/mol. The Bertz CT molecular complexity index is 887. The summed E-state index contributed by atoms with van der Waals surface area (Å²) in [7, 11) is 1.28. The lowest BCUT2D eigenvalue weighted by molar-refractivity contribution is -0.134. The second kappa shape index (κ2) is 14.0. The number of benzene rings is 2. The lowest BCUT2D eigenvalue weighted by Crippen LogP contribution is -2.42. The highest BCUT2D eigenvalue weighted by Gasteiger charge is 2.25. The van der Waals surface area contributed by atoms with Crippen LogP contribution in [0.3, 0.4) is 0 Å². The summed E-state index contributed by atoms with van der Waals surface area (Å²) in [5, 5.41) is 12.1. The lowest BCUT2D eigenvalue weighted by atomic mass is 9.92. The van der Waals surface area contributed by atoms with Gasteiger partial charge in [0.1, 0.15) is 6.79 Å². The first-order chi connectivity index (χ1) is 16.0. The number of hydrogen-bond acceptors (Lipinski definition) is 7. The van der Waals surface area contributed by atoms with Crippen LogP contribution in [0.1, 0.15) is 39.6 Å². The minimum atomic E-state index is -0.611. The Morgan fingerprint density at radius 1 is 0.970 bits per heavy atom. The van der Waals surface area contributed by atoms with Crippen molar-refractivity contribution >= 4 is 17.8 Å². The normalized spacial score (nSPS) is 12.5. The number of carbonyl (C=O) groups is 3. The minimum Gasteiger partial charge on any atom is -0.465 e. The van der Waals surface area contributed by atoms with Gasteiger partial charge in [-0.3, -0.25) is 14.8 Å². The molecule has 9 nitrogen and oxygen atoms in total. The molecule has 0 aromatic heterocycles. The van der Waals surface area contributed by atoms with Gasteiger partial charge in [-0.2, -0.15) is 0 Å². The van der Waals surface area contributed by atoms with Crippen LogP contribution in [0.2, 0.25) is 0 Å². The van der Waals surface area contributed by atoms with E-state index in [2.05, 4.69) is 10.1 Å². The van der Waals surface area contributed by atoms with Gasteiger partial charge in [0.15, 0.2) is 0 Å². The van der Waals surface area contributed by atoms with Gasteiger partial charge in [-0.05, 0) is 49.6 Å². The topological polar surface area (TPSA) is 123 Å². The Balaban J connectivity index is 2.12. The standard InChI is InChI=1S/C24H30N2O7/c1-3-32-16-33-15-21(14-20(23(28)26-30)13-17-7-5-4-6-8-17)25-22(27)18-9-11-19(12-10-18)24(29)31-2/h4-12,20-21,30H,3,13-16H2,1-2H3,(H,25,27)(H,26,28)/t20-,21-/m0/s1. The average Bonchev–Trinajstić information content (AvgIpc) is 2.85. The van der Waals surface area contributed by atoms with Crippen LogP contribution in [0, 0.1) is 5.92 Å². The SMILES string of the molecule is CCOCOC[C@H](C[C@H](Cc1ccccc1)C(=O)NO)NC(=O)c1ccc(C(=O)OC)cc1. The lowest BCUT2D eigenvalue weighted by Gasteiger charge is -2.24. The smallest absolute Gasteiger partial charge is 0.337 e. The molecule has 0 unspecified atom stereocenters. The fourth-order valence-corrected chi connectivity index (χ4v) is 3.26. The highest BCUT2D eigenvalue weighted by atomic mass is 16.7. The van der Waals surface area contributed by atoms with E-state index in [4.69, 9.17) is 9.47 Å². The molecule has 2 aromatic carbocycles. The summed E-state index contributed by atoms with van der Waals surface area (Å²) in [4.78, 5) is 36.7. The van der Waals surface area contributed by atoms with Crippen LogP contribution in [0.15, 0.2) is 54.6 Å². The van der Waals surface area contributed by atoms with E-state index in [9.17, 15) is 19.6 Å². The number of hydrogen-bond donors (Lipinski definition) is 3. The van der Waals surface area contributed by atoms with Crippen LogP contribution in [-0.4, -0.2) is 56.1 Å². The molecule has 0 aliphatic heterocycles. The van der Waals surface area contributed by atoms with Gasteiger partial charge >= 0.3 is 5.97 Å². The highest BCUT2D eigenvalue weighted by Crippen LogP contribution is 2.16.